The molecule has 0 fully saturated rings. The van der Waals surface area contributed by atoms with Gasteiger partial charge in [0.15, 0.2) is 0 Å². The summed E-state index contributed by atoms with van der Waals surface area (Å²) in [7, 11) is 3.75. The number of benzene rings is 2. The first-order valence-electron chi connectivity index (χ1n) is 9.01. The Morgan fingerprint density at radius 1 is 1.11 bits per heavy atom. The molecule has 1 amide bonds. The quantitative estimate of drug-likeness (QED) is 0.415. The number of fused-ring (bicyclic) bond motifs is 1. The second kappa shape index (κ2) is 7.28. The Balaban J connectivity index is 1.80. The van der Waals surface area contributed by atoms with Crippen LogP contribution in [-0.2, 0) is 25.3 Å². The molecule has 142 valence electrons. The van der Waals surface area contributed by atoms with E-state index in [1.54, 1.807) is 16.4 Å². The predicted octanol–water partition coefficient (Wildman–Crippen LogP) is 2.81. The van der Waals surface area contributed by atoms with Crippen LogP contribution >= 0.6 is 0 Å². The van der Waals surface area contributed by atoms with Gasteiger partial charge in [-0.25, -0.2) is 5.48 Å². The highest BCUT2D eigenvalue weighted by molar-refractivity contribution is 5.92. The fourth-order valence-corrected chi connectivity index (χ4v) is 3.60. The fourth-order valence-electron chi connectivity index (χ4n) is 3.60. The summed E-state index contributed by atoms with van der Waals surface area (Å²) in [6.07, 6.45) is 2.21. The van der Waals surface area contributed by atoms with Crippen LogP contribution in [0.4, 0.5) is 0 Å². The molecule has 0 bridgehead atoms. The van der Waals surface area contributed by atoms with Crippen molar-refractivity contribution in [1.29, 1.82) is 0 Å². The average molecular weight is 375 g/mol. The Kier molecular flexibility index (Phi) is 4.67. The van der Waals surface area contributed by atoms with E-state index >= 15 is 0 Å². The highest BCUT2D eigenvalue weighted by Gasteiger charge is 2.26. The Morgan fingerprint density at radius 3 is 2.57 bits per heavy atom. The second-order valence-electron chi connectivity index (χ2n) is 6.80. The van der Waals surface area contributed by atoms with Gasteiger partial charge in [0.05, 0.1) is 22.8 Å². The number of nitrogens with zero attached hydrogens (tertiary/aromatic N) is 4. The summed E-state index contributed by atoms with van der Waals surface area (Å²) in [5, 5.41) is 19.0. The van der Waals surface area contributed by atoms with E-state index < -0.39 is 11.8 Å². The molecule has 0 saturated heterocycles. The van der Waals surface area contributed by atoms with Gasteiger partial charge in [-0.2, -0.15) is 10.2 Å². The molecule has 0 aliphatic rings. The van der Waals surface area contributed by atoms with E-state index in [0.29, 0.717) is 12.1 Å². The molecule has 0 radical (unpaired) electrons. The number of hydrogen-bond acceptors (Lipinski definition) is 4. The molecule has 28 heavy (non-hydrogen) atoms. The maximum absolute atomic E-state index is 12.4. The van der Waals surface area contributed by atoms with Gasteiger partial charge in [0.2, 0.25) is 0 Å². The SMILES string of the molecule is Cn1nccc1-c1ccc2c(C(Cc3ccccc3)C(=O)NO)nn(C)c2c1. The van der Waals surface area contributed by atoms with E-state index in [9.17, 15) is 10.0 Å². The molecule has 2 aromatic heterocycles. The van der Waals surface area contributed by atoms with Crippen LogP contribution in [0.15, 0.2) is 60.8 Å². The van der Waals surface area contributed by atoms with Gasteiger partial charge in [0.1, 0.15) is 0 Å². The largest absolute Gasteiger partial charge is 0.289 e. The summed E-state index contributed by atoms with van der Waals surface area (Å²) in [4.78, 5) is 12.4. The molecule has 1 atom stereocenters. The van der Waals surface area contributed by atoms with Gasteiger partial charge in [0, 0.05) is 31.2 Å². The zero-order valence-corrected chi connectivity index (χ0v) is 15.7. The minimum atomic E-state index is -0.598. The van der Waals surface area contributed by atoms with Crippen molar-refractivity contribution in [2.24, 2.45) is 14.1 Å². The van der Waals surface area contributed by atoms with Crippen LogP contribution in [0.25, 0.3) is 22.2 Å². The lowest BCUT2D eigenvalue weighted by Gasteiger charge is -2.13. The topological polar surface area (TPSA) is 85.0 Å². The molecule has 2 aromatic carbocycles. The van der Waals surface area contributed by atoms with Gasteiger partial charge in [-0.1, -0.05) is 42.5 Å². The summed E-state index contributed by atoms with van der Waals surface area (Å²) < 4.78 is 3.59. The number of hydrogen-bond donors (Lipinski definition) is 2. The monoisotopic (exact) mass is 375 g/mol. The highest BCUT2D eigenvalue weighted by Crippen LogP contribution is 2.31. The van der Waals surface area contributed by atoms with Gasteiger partial charge in [-0.05, 0) is 24.1 Å². The lowest BCUT2D eigenvalue weighted by atomic mass is 9.93. The van der Waals surface area contributed by atoms with Gasteiger partial charge >= 0.3 is 0 Å². The summed E-state index contributed by atoms with van der Waals surface area (Å²) >= 11 is 0. The number of rotatable bonds is 5. The van der Waals surface area contributed by atoms with Crippen LogP contribution in [-0.4, -0.2) is 30.7 Å². The summed E-state index contributed by atoms with van der Waals surface area (Å²) in [6, 6.07) is 17.7. The zero-order chi connectivity index (χ0) is 19.7. The number of carbonyl (C=O) groups is 1. The number of aromatic nitrogens is 4. The normalized spacial score (nSPS) is 12.2. The van der Waals surface area contributed by atoms with E-state index in [0.717, 1.165) is 27.7 Å². The van der Waals surface area contributed by atoms with Gasteiger partial charge in [0.25, 0.3) is 5.91 Å². The third kappa shape index (κ3) is 3.16. The van der Waals surface area contributed by atoms with Crippen molar-refractivity contribution in [1.82, 2.24) is 25.0 Å². The van der Waals surface area contributed by atoms with Gasteiger partial charge < -0.3 is 0 Å². The van der Waals surface area contributed by atoms with Crippen molar-refractivity contribution in [3.63, 3.8) is 0 Å². The van der Waals surface area contributed by atoms with E-state index in [4.69, 9.17) is 0 Å². The van der Waals surface area contributed by atoms with E-state index in [-0.39, 0.29) is 0 Å². The molecular weight excluding hydrogens is 354 g/mol. The molecule has 2 heterocycles. The molecule has 0 aliphatic heterocycles. The number of aryl methyl sites for hydroxylation is 2. The first-order chi connectivity index (χ1) is 13.6. The Labute approximate surface area is 162 Å². The first kappa shape index (κ1) is 17.9. The van der Waals surface area contributed by atoms with Crippen LogP contribution < -0.4 is 5.48 Å². The summed E-state index contributed by atoms with van der Waals surface area (Å²) in [5.41, 5.74) is 6.38. The number of amides is 1. The molecule has 4 rings (SSSR count). The van der Waals surface area contributed by atoms with Crippen LogP contribution in [0.2, 0.25) is 0 Å². The smallest absolute Gasteiger partial charge is 0.252 e. The van der Waals surface area contributed by atoms with Crippen LogP contribution in [0.1, 0.15) is 17.2 Å². The standard InChI is InChI=1S/C21H21N5O2/c1-25-18(10-11-22-25)15-8-9-16-19(13-15)26(2)23-20(16)17(21(27)24-28)12-14-6-4-3-5-7-14/h3-11,13,17,28H,12H2,1-2H3,(H,24,27). The van der Waals surface area contributed by atoms with Crippen molar-refractivity contribution in [2.45, 2.75) is 12.3 Å². The van der Waals surface area contributed by atoms with Crippen molar-refractivity contribution < 1.29 is 10.0 Å². The molecule has 1 unspecified atom stereocenters. The zero-order valence-electron chi connectivity index (χ0n) is 15.7. The molecule has 0 aliphatic carbocycles. The maximum atomic E-state index is 12.4. The second-order valence-corrected chi connectivity index (χ2v) is 6.80. The van der Waals surface area contributed by atoms with Crippen molar-refractivity contribution in [3.8, 4) is 11.3 Å². The molecular formula is C21H21N5O2. The maximum Gasteiger partial charge on any atom is 0.252 e. The van der Waals surface area contributed by atoms with Crippen molar-refractivity contribution >= 4 is 16.8 Å². The predicted molar refractivity (Wildman–Crippen MR) is 106 cm³/mol. The Bertz CT molecular complexity index is 1130. The lowest BCUT2D eigenvalue weighted by molar-refractivity contribution is -0.130. The van der Waals surface area contributed by atoms with Gasteiger partial charge in [-0.15, -0.1) is 0 Å². The fraction of sp³-hybridized carbons (Fsp3) is 0.190. The summed E-state index contributed by atoms with van der Waals surface area (Å²) in [5.74, 6) is -1.07. The van der Waals surface area contributed by atoms with Crippen molar-refractivity contribution in [2.75, 3.05) is 0 Å². The first-order valence-corrected chi connectivity index (χ1v) is 9.01. The van der Waals surface area contributed by atoms with Crippen LogP contribution in [0.5, 0.6) is 0 Å². The number of carbonyl (C=O) groups excluding carboxylic acids is 1. The molecule has 7 nitrogen and oxygen atoms in total. The molecule has 0 spiro atoms. The minimum Gasteiger partial charge on any atom is -0.289 e. The Morgan fingerprint density at radius 2 is 1.89 bits per heavy atom. The van der Waals surface area contributed by atoms with Crippen LogP contribution in [0, 0.1) is 0 Å². The summed E-state index contributed by atoms with van der Waals surface area (Å²) in [6.45, 7) is 0. The Hall–Kier alpha value is -3.45. The third-order valence-corrected chi connectivity index (χ3v) is 5.04. The number of hydroxylamine groups is 1. The molecule has 0 saturated carbocycles. The highest BCUT2D eigenvalue weighted by atomic mass is 16.5. The number of nitrogens with one attached hydrogen (secondary N) is 1. The van der Waals surface area contributed by atoms with Crippen LogP contribution in [0.3, 0.4) is 0 Å². The third-order valence-electron chi connectivity index (χ3n) is 5.04. The van der Waals surface area contributed by atoms with E-state index in [1.165, 1.54) is 0 Å². The molecule has 2 N–H and O–H groups in total. The molecule has 4 aromatic rings. The van der Waals surface area contributed by atoms with E-state index in [2.05, 4.69) is 10.2 Å². The average Bonchev–Trinajstić information content (AvgIpc) is 3.29. The van der Waals surface area contributed by atoms with Crippen molar-refractivity contribution in [3.05, 3.63) is 72.1 Å². The van der Waals surface area contributed by atoms with E-state index in [1.807, 2.05) is 73.4 Å². The lowest BCUT2D eigenvalue weighted by Crippen LogP contribution is -2.28. The minimum absolute atomic E-state index is 0.447. The molecule has 7 heteroatoms. The van der Waals surface area contributed by atoms with Gasteiger partial charge in [-0.3, -0.25) is 19.4 Å².